The molecular weight excluding hydrogens is 250 g/mol. The highest BCUT2D eigenvalue weighted by Crippen LogP contribution is 2.11. The van der Waals surface area contributed by atoms with Crippen LogP contribution in [-0.4, -0.2) is 32.6 Å². The molecule has 0 fully saturated rings. The summed E-state index contributed by atoms with van der Waals surface area (Å²) in [6.07, 6.45) is 7.26. The van der Waals surface area contributed by atoms with E-state index < -0.39 is 10.0 Å². The van der Waals surface area contributed by atoms with Crippen molar-refractivity contribution in [1.82, 2.24) is 14.6 Å². The molecule has 0 atom stereocenters. The topological polar surface area (TPSA) is 63.1 Å². The number of nitrogens with zero attached hydrogens (tertiary/aromatic N) is 1. The van der Waals surface area contributed by atoms with Crippen LogP contribution < -0.4 is 10.0 Å². The molecule has 2 heterocycles. The Morgan fingerprint density at radius 1 is 1.50 bits per heavy atom. The monoisotopic (exact) mass is 269 g/mol. The number of hydrogen-bond donors (Lipinski definition) is 2. The predicted octanol–water partition coefficient (Wildman–Crippen LogP) is 0.613. The highest BCUT2D eigenvalue weighted by atomic mass is 32.2. The lowest BCUT2D eigenvalue weighted by Gasteiger charge is -2.14. The highest BCUT2D eigenvalue weighted by Gasteiger charge is 2.14. The van der Waals surface area contributed by atoms with Gasteiger partial charge >= 0.3 is 0 Å². The summed E-state index contributed by atoms with van der Waals surface area (Å²) < 4.78 is 28.2. The first-order valence-electron chi connectivity index (χ1n) is 6.08. The molecule has 0 saturated heterocycles. The number of nitrogens with one attached hydrogen (secondary N) is 2. The van der Waals surface area contributed by atoms with E-state index in [1.54, 1.807) is 30.1 Å². The molecule has 1 aliphatic heterocycles. The summed E-state index contributed by atoms with van der Waals surface area (Å²) in [5, 5.41) is 3.23. The molecular formula is C12H19N3O2S. The first-order valence-corrected chi connectivity index (χ1v) is 7.56. The van der Waals surface area contributed by atoms with Gasteiger partial charge in [0.15, 0.2) is 0 Å². The molecule has 0 bridgehead atoms. The standard InChI is InChI=1S/C12H19N3O2S/c1-15-9-5-12(10-15)18(16,17)14-8-4-11-2-6-13-7-3-11/h2,5,9-10,13-14H,3-4,6-8H2,1H3. The first-order chi connectivity index (χ1) is 8.58. The van der Waals surface area contributed by atoms with Crippen molar-refractivity contribution in [3.8, 4) is 0 Å². The Labute approximate surface area is 108 Å². The molecule has 2 N–H and O–H groups in total. The average molecular weight is 269 g/mol. The van der Waals surface area contributed by atoms with Crippen molar-refractivity contribution in [3.05, 3.63) is 30.1 Å². The quantitative estimate of drug-likeness (QED) is 0.770. The minimum Gasteiger partial charge on any atom is -0.356 e. The van der Waals surface area contributed by atoms with Crippen molar-refractivity contribution in [2.24, 2.45) is 7.05 Å². The van der Waals surface area contributed by atoms with E-state index in [2.05, 4.69) is 16.1 Å². The van der Waals surface area contributed by atoms with E-state index in [-0.39, 0.29) is 0 Å². The zero-order valence-corrected chi connectivity index (χ0v) is 11.3. The van der Waals surface area contributed by atoms with E-state index in [4.69, 9.17) is 0 Å². The summed E-state index contributed by atoms with van der Waals surface area (Å²) >= 11 is 0. The third-order valence-corrected chi connectivity index (χ3v) is 4.46. The van der Waals surface area contributed by atoms with Crippen LogP contribution >= 0.6 is 0 Å². The number of hydrogen-bond acceptors (Lipinski definition) is 3. The Kier molecular flexibility index (Phi) is 4.21. The van der Waals surface area contributed by atoms with Crippen LogP contribution in [0.15, 0.2) is 35.0 Å². The Morgan fingerprint density at radius 2 is 2.33 bits per heavy atom. The summed E-state index contributed by atoms with van der Waals surface area (Å²) in [5.41, 5.74) is 1.32. The average Bonchev–Trinajstić information content (AvgIpc) is 2.78. The fraction of sp³-hybridized carbons (Fsp3) is 0.500. The van der Waals surface area contributed by atoms with Gasteiger partial charge in [-0.3, -0.25) is 0 Å². The molecule has 18 heavy (non-hydrogen) atoms. The number of aryl methyl sites for hydroxylation is 1. The fourth-order valence-corrected chi connectivity index (χ4v) is 3.05. The second-order valence-corrected chi connectivity index (χ2v) is 6.24. The largest absolute Gasteiger partial charge is 0.356 e. The molecule has 0 aromatic carbocycles. The molecule has 100 valence electrons. The van der Waals surface area contributed by atoms with E-state index in [1.165, 1.54) is 5.57 Å². The van der Waals surface area contributed by atoms with Gasteiger partial charge in [0.05, 0.1) is 4.90 Å². The molecule has 2 rings (SSSR count). The summed E-state index contributed by atoms with van der Waals surface area (Å²) in [4.78, 5) is 0.323. The van der Waals surface area contributed by atoms with Crippen LogP contribution in [0.2, 0.25) is 0 Å². The molecule has 0 amide bonds. The summed E-state index contributed by atoms with van der Waals surface area (Å²) in [6.45, 7) is 2.33. The third kappa shape index (κ3) is 3.44. The van der Waals surface area contributed by atoms with Gasteiger partial charge in [-0.25, -0.2) is 13.1 Å². The van der Waals surface area contributed by atoms with Gasteiger partial charge in [0.25, 0.3) is 0 Å². The van der Waals surface area contributed by atoms with E-state index in [0.717, 1.165) is 25.9 Å². The highest BCUT2D eigenvalue weighted by molar-refractivity contribution is 7.89. The Hall–Kier alpha value is -1.11. The lowest BCUT2D eigenvalue weighted by atomic mass is 10.1. The first kappa shape index (κ1) is 13.3. The van der Waals surface area contributed by atoms with Crippen LogP contribution in [0.5, 0.6) is 0 Å². The smallest absolute Gasteiger partial charge is 0.242 e. The Balaban J connectivity index is 1.87. The van der Waals surface area contributed by atoms with Crippen molar-refractivity contribution >= 4 is 10.0 Å². The molecule has 5 nitrogen and oxygen atoms in total. The Bertz CT molecular complexity index is 531. The number of aromatic nitrogens is 1. The van der Waals surface area contributed by atoms with Crippen LogP contribution in [-0.2, 0) is 17.1 Å². The zero-order valence-electron chi connectivity index (χ0n) is 10.5. The fourth-order valence-electron chi connectivity index (χ4n) is 1.96. The Morgan fingerprint density at radius 3 is 2.94 bits per heavy atom. The molecule has 0 spiro atoms. The molecule has 6 heteroatoms. The summed E-state index contributed by atoms with van der Waals surface area (Å²) in [5.74, 6) is 0. The van der Waals surface area contributed by atoms with E-state index in [0.29, 0.717) is 11.4 Å². The van der Waals surface area contributed by atoms with Crippen molar-refractivity contribution in [2.75, 3.05) is 19.6 Å². The van der Waals surface area contributed by atoms with Gasteiger partial charge in [-0.15, -0.1) is 0 Å². The maximum Gasteiger partial charge on any atom is 0.242 e. The number of rotatable bonds is 5. The summed E-state index contributed by atoms with van der Waals surface area (Å²) in [6, 6.07) is 1.60. The van der Waals surface area contributed by atoms with Gasteiger partial charge in [-0.05, 0) is 25.5 Å². The van der Waals surface area contributed by atoms with E-state index in [9.17, 15) is 8.42 Å². The second-order valence-electron chi connectivity index (χ2n) is 4.48. The van der Waals surface area contributed by atoms with Gasteiger partial charge in [0, 0.05) is 32.5 Å². The SMILES string of the molecule is Cn1ccc(S(=O)(=O)NCCC2=CCNCC2)c1. The summed E-state index contributed by atoms with van der Waals surface area (Å²) in [7, 11) is -1.55. The molecule has 0 radical (unpaired) electrons. The minimum absolute atomic E-state index is 0.323. The second kappa shape index (κ2) is 5.69. The van der Waals surface area contributed by atoms with Crippen LogP contribution in [0.4, 0.5) is 0 Å². The lowest BCUT2D eigenvalue weighted by Crippen LogP contribution is -2.26. The van der Waals surface area contributed by atoms with Gasteiger partial charge in [0.2, 0.25) is 10.0 Å². The van der Waals surface area contributed by atoms with Crippen molar-refractivity contribution in [3.63, 3.8) is 0 Å². The van der Waals surface area contributed by atoms with E-state index in [1.807, 2.05) is 0 Å². The van der Waals surface area contributed by atoms with Crippen LogP contribution in [0.25, 0.3) is 0 Å². The van der Waals surface area contributed by atoms with Crippen LogP contribution in [0.3, 0.4) is 0 Å². The number of sulfonamides is 1. The normalized spacial score (nSPS) is 16.6. The van der Waals surface area contributed by atoms with Gasteiger partial charge in [-0.1, -0.05) is 11.6 Å². The van der Waals surface area contributed by atoms with Gasteiger partial charge in [-0.2, -0.15) is 0 Å². The van der Waals surface area contributed by atoms with E-state index >= 15 is 0 Å². The van der Waals surface area contributed by atoms with Crippen molar-refractivity contribution < 1.29 is 8.42 Å². The molecule has 1 aromatic rings. The maximum atomic E-state index is 11.9. The van der Waals surface area contributed by atoms with Crippen LogP contribution in [0.1, 0.15) is 12.8 Å². The third-order valence-electron chi connectivity index (χ3n) is 3.01. The molecule has 1 aliphatic rings. The minimum atomic E-state index is -3.35. The molecule has 0 saturated carbocycles. The molecule has 0 aliphatic carbocycles. The van der Waals surface area contributed by atoms with Gasteiger partial charge < -0.3 is 9.88 Å². The van der Waals surface area contributed by atoms with Crippen molar-refractivity contribution in [2.45, 2.75) is 17.7 Å². The molecule has 0 unspecified atom stereocenters. The predicted molar refractivity (Wildman–Crippen MR) is 70.8 cm³/mol. The van der Waals surface area contributed by atoms with Crippen LogP contribution in [0, 0.1) is 0 Å². The lowest BCUT2D eigenvalue weighted by molar-refractivity contribution is 0.579. The maximum absolute atomic E-state index is 11.9. The molecule has 1 aromatic heterocycles. The van der Waals surface area contributed by atoms with Gasteiger partial charge in [0.1, 0.15) is 0 Å². The van der Waals surface area contributed by atoms with Crippen molar-refractivity contribution in [1.29, 1.82) is 0 Å². The zero-order chi connectivity index (χ0) is 13.0.